The van der Waals surface area contributed by atoms with Gasteiger partial charge in [-0.3, -0.25) is 9.59 Å². The van der Waals surface area contributed by atoms with Crippen molar-refractivity contribution >= 4 is 23.2 Å². The molecule has 3 aromatic rings. The third-order valence-corrected chi connectivity index (χ3v) is 4.29. The van der Waals surface area contributed by atoms with E-state index >= 15 is 0 Å². The zero-order valence-electron chi connectivity index (χ0n) is 12.9. The Morgan fingerprint density at radius 3 is 2.62 bits per heavy atom. The maximum absolute atomic E-state index is 12.1. The largest absolute Gasteiger partial charge is 0.355 e. The normalized spacial score (nSPS) is 10.4. The van der Waals surface area contributed by atoms with Crippen LogP contribution < -0.4 is 10.6 Å². The molecule has 0 saturated heterocycles. The molecule has 0 bridgehead atoms. The van der Waals surface area contributed by atoms with Gasteiger partial charge in [0.25, 0.3) is 11.8 Å². The smallest absolute Gasteiger partial charge is 0.273 e. The summed E-state index contributed by atoms with van der Waals surface area (Å²) in [6.07, 6.45) is 0. The van der Waals surface area contributed by atoms with E-state index < -0.39 is 0 Å². The van der Waals surface area contributed by atoms with Gasteiger partial charge in [0.15, 0.2) is 11.5 Å². The number of benzene rings is 1. The number of aromatic nitrogens is 1. The molecule has 6 nitrogen and oxygen atoms in total. The second-order valence-electron chi connectivity index (χ2n) is 5.01. The van der Waals surface area contributed by atoms with Gasteiger partial charge in [-0.1, -0.05) is 23.4 Å². The van der Waals surface area contributed by atoms with E-state index in [1.807, 2.05) is 17.5 Å². The lowest BCUT2D eigenvalue weighted by Crippen LogP contribution is -2.23. The van der Waals surface area contributed by atoms with Crippen LogP contribution in [0.3, 0.4) is 0 Å². The predicted molar refractivity (Wildman–Crippen MR) is 90.8 cm³/mol. The van der Waals surface area contributed by atoms with E-state index in [0.29, 0.717) is 17.9 Å². The Morgan fingerprint density at radius 1 is 1.17 bits per heavy atom. The van der Waals surface area contributed by atoms with Crippen LogP contribution in [0, 0.1) is 0 Å². The van der Waals surface area contributed by atoms with Crippen LogP contribution in [0.4, 0.5) is 0 Å². The van der Waals surface area contributed by atoms with Crippen molar-refractivity contribution < 1.29 is 14.1 Å². The topological polar surface area (TPSA) is 84.2 Å². The molecule has 0 aliphatic heterocycles. The molecule has 0 aliphatic carbocycles. The van der Waals surface area contributed by atoms with Gasteiger partial charge in [-0.05, 0) is 29.1 Å². The van der Waals surface area contributed by atoms with E-state index in [4.69, 9.17) is 4.52 Å². The van der Waals surface area contributed by atoms with Gasteiger partial charge in [0, 0.05) is 25.2 Å². The van der Waals surface area contributed by atoms with Crippen molar-refractivity contribution in [3.63, 3.8) is 0 Å². The summed E-state index contributed by atoms with van der Waals surface area (Å²) < 4.78 is 5.19. The summed E-state index contributed by atoms with van der Waals surface area (Å²) in [6, 6.07) is 12.5. The van der Waals surface area contributed by atoms with Crippen LogP contribution in [0.25, 0.3) is 10.6 Å². The molecule has 0 spiro atoms. The first-order valence-electron chi connectivity index (χ1n) is 7.27. The number of carbonyl (C=O) groups is 2. The van der Waals surface area contributed by atoms with Gasteiger partial charge >= 0.3 is 0 Å². The second-order valence-corrected chi connectivity index (χ2v) is 5.96. The molecular formula is C17H15N3O3S. The maximum Gasteiger partial charge on any atom is 0.273 e. The summed E-state index contributed by atoms with van der Waals surface area (Å²) >= 11 is 1.52. The van der Waals surface area contributed by atoms with Crippen molar-refractivity contribution in [2.24, 2.45) is 0 Å². The van der Waals surface area contributed by atoms with Crippen molar-refractivity contribution in [1.29, 1.82) is 0 Å². The number of thiophene rings is 1. The molecule has 1 aromatic carbocycles. The molecule has 0 aliphatic rings. The summed E-state index contributed by atoms with van der Waals surface area (Å²) in [7, 11) is 1.58. The van der Waals surface area contributed by atoms with Gasteiger partial charge in [-0.2, -0.15) is 0 Å². The molecule has 122 valence electrons. The van der Waals surface area contributed by atoms with Crippen LogP contribution in [0.1, 0.15) is 26.4 Å². The van der Waals surface area contributed by atoms with Crippen molar-refractivity contribution in [2.75, 3.05) is 7.05 Å². The minimum absolute atomic E-state index is 0.144. The van der Waals surface area contributed by atoms with Crippen molar-refractivity contribution in [3.05, 3.63) is 64.7 Å². The van der Waals surface area contributed by atoms with Crippen molar-refractivity contribution in [2.45, 2.75) is 6.54 Å². The number of hydrogen-bond donors (Lipinski definition) is 2. The minimum atomic E-state index is -0.308. The zero-order chi connectivity index (χ0) is 16.9. The molecule has 2 aromatic heterocycles. The molecule has 24 heavy (non-hydrogen) atoms. The van der Waals surface area contributed by atoms with E-state index in [-0.39, 0.29) is 17.5 Å². The number of rotatable bonds is 5. The van der Waals surface area contributed by atoms with Crippen LogP contribution in [0.2, 0.25) is 0 Å². The van der Waals surface area contributed by atoms with Crippen molar-refractivity contribution in [1.82, 2.24) is 15.8 Å². The Kier molecular flexibility index (Phi) is 4.72. The van der Waals surface area contributed by atoms with Crippen molar-refractivity contribution in [3.8, 4) is 10.6 Å². The van der Waals surface area contributed by atoms with Gasteiger partial charge in [0.2, 0.25) is 0 Å². The predicted octanol–water partition coefficient (Wildman–Crippen LogP) is 2.69. The van der Waals surface area contributed by atoms with E-state index in [2.05, 4.69) is 15.8 Å². The highest BCUT2D eigenvalue weighted by Gasteiger charge is 2.14. The fourth-order valence-corrected chi connectivity index (χ4v) is 2.78. The Labute approximate surface area is 142 Å². The van der Waals surface area contributed by atoms with Gasteiger partial charge in [-0.15, -0.1) is 11.3 Å². The number of nitrogens with one attached hydrogen (secondary N) is 2. The highest BCUT2D eigenvalue weighted by Crippen LogP contribution is 2.25. The highest BCUT2D eigenvalue weighted by atomic mass is 32.1. The fraction of sp³-hybridized carbons (Fsp3) is 0.118. The number of hydrogen-bond acceptors (Lipinski definition) is 5. The maximum atomic E-state index is 12.1. The van der Waals surface area contributed by atoms with Crippen LogP contribution in [0.5, 0.6) is 0 Å². The van der Waals surface area contributed by atoms with Crippen LogP contribution in [0.15, 0.2) is 52.4 Å². The minimum Gasteiger partial charge on any atom is -0.355 e. The molecule has 2 N–H and O–H groups in total. The van der Waals surface area contributed by atoms with Crippen LogP contribution in [-0.2, 0) is 6.54 Å². The van der Waals surface area contributed by atoms with Crippen LogP contribution in [-0.4, -0.2) is 24.0 Å². The molecule has 0 fully saturated rings. The van der Waals surface area contributed by atoms with E-state index in [9.17, 15) is 9.59 Å². The third-order valence-electron chi connectivity index (χ3n) is 3.40. The van der Waals surface area contributed by atoms with Gasteiger partial charge in [-0.25, -0.2) is 0 Å². The quantitative estimate of drug-likeness (QED) is 0.747. The molecule has 0 saturated carbocycles. The molecule has 7 heteroatoms. The highest BCUT2D eigenvalue weighted by molar-refractivity contribution is 7.13. The first-order chi connectivity index (χ1) is 11.7. The zero-order valence-corrected chi connectivity index (χ0v) is 13.7. The molecule has 3 rings (SSSR count). The molecular weight excluding hydrogens is 326 g/mol. The lowest BCUT2D eigenvalue weighted by Gasteiger charge is -2.04. The molecule has 2 heterocycles. The van der Waals surface area contributed by atoms with E-state index in [1.165, 1.54) is 11.3 Å². The van der Waals surface area contributed by atoms with E-state index in [1.54, 1.807) is 37.4 Å². The summed E-state index contributed by atoms with van der Waals surface area (Å²) in [6.45, 7) is 0.341. The standard InChI is InChI=1S/C17H15N3O3S/c1-18-16(21)12-6-4-11(5-7-12)10-19-17(22)13-9-14(23-20-13)15-3-2-8-24-15/h2-9H,10H2,1H3,(H,18,21)(H,19,22). The average molecular weight is 341 g/mol. The number of carbonyl (C=O) groups excluding carboxylic acids is 2. The number of amides is 2. The summed E-state index contributed by atoms with van der Waals surface area (Å²) in [5.74, 6) is 0.122. The SMILES string of the molecule is CNC(=O)c1ccc(CNC(=O)c2cc(-c3cccs3)on2)cc1. The van der Waals surface area contributed by atoms with Crippen LogP contribution >= 0.6 is 11.3 Å². The lowest BCUT2D eigenvalue weighted by molar-refractivity contribution is 0.0938. The lowest BCUT2D eigenvalue weighted by atomic mass is 10.1. The molecule has 2 amide bonds. The Bertz CT molecular complexity index is 838. The van der Waals surface area contributed by atoms with Gasteiger partial charge in [0.05, 0.1) is 4.88 Å². The van der Waals surface area contributed by atoms with E-state index in [0.717, 1.165) is 10.4 Å². The summed E-state index contributed by atoms with van der Waals surface area (Å²) in [5.41, 5.74) is 1.70. The monoisotopic (exact) mass is 341 g/mol. The first kappa shape index (κ1) is 15.9. The first-order valence-corrected chi connectivity index (χ1v) is 8.15. The Balaban J connectivity index is 1.60. The second kappa shape index (κ2) is 7.10. The molecule has 0 atom stereocenters. The average Bonchev–Trinajstić information content (AvgIpc) is 3.30. The van der Waals surface area contributed by atoms with Gasteiger partial charge < -0.3 is 15.2 Å². The molecule has 0 radical (unpaired) electrons. The third kappa shape index (κ3) is 3.52. The molecule has 0 unspecified atom stereocenters. The number of nitrogens with zero attached hydrogens (tertiary/aromatic N) is 1. The Hall–Kier alpha value is -2.93. The summed E-state index contributed by atoms with van der Waals surface area (Å²) in [5, 5.41) is 11.1. The summed E-state index contributed by atoms with van der Waals surface area (Å²) in [4.78, 5) is 24.5. The van der Waals surface area contributed by atoms with Gasteiger partial charge in [0.1, 0.15) is 0 Å². The Morgan fingerprint density at radius 2 is 1.96 bits per heavy atom. The fourth-order valence-electron chi connectivity index (χ4n) is 2.11.